The zero-order chi connectivity index (χ0) is 30.2. The molecular formula is C43H27NS2. The highest BCUT2D eigenvalue weighted by Crippen LogP contribution is 2.63. The van der Waals surface area contributed by atoms with Crippen molar-refractivity contribution in [3.05, 3.63) is 186 Å². The van der Waals surface area contributed by atoms with Gasteiger partial charge in [-0.1, -0.05) is 121 Å². The molecule has 0 N–H and O–H groups in total. The average Bonchev–Trinajstić information content (AvgIpc) is 3.62. The number of nitrogens with zero attached hydrogens (tertiary/aromatic N) is 1. The molecule has 2 heterocycles. The fourth-order valence-electron chi connectivity index (χ4n) is 7.85. The van der Waals surface area contributed by atoms with E-state index in [2.05, 4.69) is 169 Å². The smallest absolute Gasteiger partial charge is 0.0735 e. The number of para-hydroxylation sites is 2. The van der Waals surface area contributed by atoms with Crippen LogP contribution >= 0.6 is 23.1 Å². The lowest BCUT2D eigenvalue weighted by atomic mass is 9.67. The van der Waals surface area contributed by atoms with E-state index >= 15 is 0 Å². The molecule has 216 valence electrons. The Morgan fingerprint density at radius 1 is 0.391 bits per heavy atom. The standard InChI is InChI=1S/C43H27NS2/c1-3-13-28(14-4-1)44(29-15-5-2-6-16-29)30-23-24-37-41(25-30)46-42-26-34-33-19-9-12-22-39(33)45-40(34)27-38(42)43(37)35-20-10-7-17-31(35)32-18-8-11-21-36(32)43/h1-27H. The molecular weight excluding hydrogens is 595 g/mol. The molecule has 0 atom stereocenters. The minimum absolute atomic E-state index is 0.406. The van der Waals surface area contributed by atoms with Crippen molar-refractivity contribution >= 4 is 60.3 Å². The van der Waals surface area contributed by atoms with Crippen molar-refractivity contribution in [3.8, 4) is 11.1 Å². The summed E-state index contributed by atoms with van der Waals surface area (Å²) in [5, 5.41) is 2.68. The van der Waals surface area contributed by atoms with Crippen LogP contribution in [0.4, 0.5) is 17.1 Å². The third-order valence-electron chi connectivity index (χ3n) is 9.71. The van der Waals surface area contributed by atoms with E-state index in [4.69, 9.17) is 0 Å². The molecule has 1 aliphatic carbocycles. The van der Waals surface area contributed by atoms with Crippen molar-refractivity contribution in [2.24, 2.45) is 0 Å². The predicted octanol–water partition coefficient (Wildman–Crippen LogP) is 12.4. The molecule has 1 spiro atoms. The quantitative estimate of drug-likeness (QED) is 0.193. The minimum Gasteiger partial charge on any atom is -0.310 e. The highest BCUT2D eigenvalue weighted by atomic mass is 32.2. The van der Waals surface area contributed by atoms with Crippen molar-refractivity contribution < 1.29 is 0 Å². The fraction of sp³-hybridized carbons (Fsp3) is 0.0233. The number of benzene rings is 7. The van der Waals surface area contributed by atoms with Gasteiger partial charge in [-0.2, -0.15) is 0 Å². The van der Waals surface area contributed by atoms with Crippen molar-refractivity contribution in [1.29, 1.82) is 0 Å². The van der Waals surface area contributed by atoms with Gasteiger partial charge in [0.05, 0.1) is 5.41 Å². The van der Waals surface area contributed by atoms with Gasteiger partial charge in [0.2, 0.25) is 0 Å². The number of fused-ring (bicyclic) bond motifs is 12. The summed E-state index contributed by atoms with van der Waals surface area (Å²) in [5.74, 6) is 0. The molecule has 10 rings (SSSR count). The second-order valence-corrected chi connectivity index (χ2v) is 14.2. The van der Waals surface area contributed by atoms with E-state index in [0.717, 1.165) is 17.1 Å². The number of hydrogen-bond donors (Lipinski definition) is 0. The number of anilines is 3. The van der Waals surface area contributed by atoms with Crippen LogP contribution in [0, 0.1) is 0 Å². The maximum absolute atomic E-state index is 2.51. The van der Waals surface area contributed by atoms with Crippen LogP contribution in [0.1, 0.15) is 22.3 Å². The largest absolute Gasteiger partial charge is 0.310 e. The maximum atomic E-state index is 2.51. The SMILES string of the molecule is c1ccc(N(c2ccccc2)c2ccc3c(c2)Sc2cc4c(cc2C32c3ccccc3-c3ccccc32)sc2ccccc24)cc1. The van der Waals surface area contributed by atoms with Crippen LogP contribution in [0.5, 0.6) is 0 Å². The number of thiophene rings is 1. The van der Waals surface area contributed by atoms with Crippen LogP contribution in [-0.2, 0) is 5.41 Å². The Labute approximate surface area is 276 Å². The monoisotopic (exact) mass is 621 g/mol. The lowest BCUT2D eigenvalue weighted by molar-refractivity contribution is 0.724. The first-order valence-corrected chi connectivity index (χ1v) is 17.3. The third kappa shape index (κ3) is 3.58. The second kappa shape index (κ2) is 9.95. The van der Waals surface area contributed by atoms with E-state index < -0.39 is 5.41 Å². The van der Waals surface area contributed by atoms with E-state index in [9.17, 15) is 0 Å². The highest BCUT2D eigenvalue weighted by molar-refractivity contribution is 7.99. The highest BCUT2D eigenvalue weighted by Gasteiger charge is 2.50. The summed E-state index contributed by atoms with van der Waals surface area (Å²) in [7, 11) is 0. The second-order valence-electron chi connectivity index (χ2n) is 12.1. The molecule has 0 fully saturated rings. The van der Waals surface area contributed by atoms with Gasteiger partial charge in [0.15, 0.2) is 0 Å². The zero-order valence-corrected chi connectivity index (χ0v) is 26.5. The summed E-state index contributed by atoms with van der Waals surface area (Å²) in [4.78, 5) is 5.00. The molecule has 1 aliphatic heterocycles. The van der Waals surface area contributed by atoms with Crippen LogP contribution in [0.15, 0.2) is 174 Å². The summed E-state index contributed by atoms with van der Waals surface area (Å²) in [6.45, 7) is 0. The van der Waals surface area contributed by atoms with Gasteiger partial charge in [0.1, 0.15) is 0 Å². The van der Waals surface area contributed by atoms with Gasteiger partial charge in [-0.25, -0.2) is 0 Å². The Hall–Kier alpha value is -5.09. The van der Waals surface area contributed by atoms with Crippen molar-refractivity contribution in [2.45, 2.75) is 15.2 Å². The van der Waals surface area contributed by atoms with Crippen LogP contribution < -0.4 is 4.90 Å². The molecule has 3 heteroatoms. The van der Waals surface area contributed by atoms with Crippen molar-refractivity contribution in [3.63, 3.8) is 0 Å². The number of hydrogen-bond acceptors (Lipinski definition) is 3. The topological polar surface area (TPSA) is 3.24 Å². The van der Waals surface area contributed by atoms with Gasteiger partial charge in [-0.05, 0) is 88.0 Å². The van der Waals surface area contributed by atoms with E-state index in [1.807, 2.05) is 23.1 Å². The van der Waals surface area contributed by atoms with Crippen LogP contribution in [0.2, 0.25) is 0 Å². The lowest BCUT2D eigenvalue weighted by Gasteiger charge is -2.40. The molecule has 1 nitrogen and oxygen atoms in total. The Bertz CT molecular complexity index is 2370. The van der Waals surface area contributed by atoms with Gasteiger partial charge in [-0.15, -0.1) is 11.3 Å². The summed E-state index contributed by atoms with van der Waals surface area (Å²) in [6, 6.07) is 60.5. The normalized spacial score (nSPS) is 13.7. The van der Waals surface area contributed by atoms with Crippen LogP contribution in [0.25, 0.3) is 31.3 Å². The van der Waals surface area contributed by atoms with E-state index in [1.54, 1.807) is 0 Å². The van der Waals surface area contributed by atoms with Gasteiger partial charge >= 0.3 is 0 Å². The molecule has 8 aromatic rings. The lowest BCUT2D eigenvalue weighted by Crippen LogP contribution is -2.32. The van der Waals surface area contributed by atoms with Crippen molar-refractivity contribution in [1.82, 2.24) is 0 Å². The van der Waals surface area contributed by atoms with E-state index in [0.29, 0.717) is 0 Å². The molecule has 0 saturated carbocycles. The minimum atomic E-state index is -0.406. The molecule has 0 amide bonds. The van der Waals surface area contributed by atoms with E-state index in [1.165, 1.54) is 63.3 Å². The van der Waals surface area contributed by atoms with Crippen LogP contribution in [0.3, 0.4) is 0 Å². The first-order chi connectivity index (χ1) is 22.8. The maximum Gasteiger partial charge on any atom is 0.0735 e. The van der Waals surface area contributed by atoms with Crippen LogP contribution in [-0.4, -0.2) is 0 Å². The summed E-state index contributed by atoms with van der Waals surface area (Å²) >= 11 is 3.83. The van der Waals surface area contributed by atoms with Gasteiger partial charge in [-0.3, -0.25) is 0 Å². The molecule has 0 unspecified atom stereocenters. The summed E-state index contributed by atoms with van der Waals surface area (Å²) in [5.41, 5.74) is 11.2. The average molecular weight is 622 g/mol. The Morgan fingerprint density at radius 2 is 0.978 bits per heavy atom. The molecule has 46 heavy (non-hydrogen) atoms. The predicted molar refractivity (Wildman–Crippen MR) is 195 cm³/mol. The molecule has 0 radical (unpaired) electrons. The molecule has 1 aromatic heterocycles. The summed E-state index contributed by atoms with van der Waals surface area (Å²) in [6.07, 6.45) is 0. The zero-order valence-electron chi connectivity index (χ0n) is 24.9. The van der Waals surface area contributed by atoms with Gasteiger partial charge < -0.3 is 4.90 Å². The van der Waals surface area contributed by atoms with Gasteiger partial charge in [0.25, 0.3) is 0 Å². The fourth-order valence-corrected chi connectivity index (χ4v) is 10.2. The summed E-state index contributed by atoms with van der Waals surface area (Å²) < 4.78 is 2.69. The third-order valence-corrected chi connectivity index (χ3v) is 12.0. The Morgan fingerprint density at radius 3 is 1.67 bits per heavy atom. The van der Waals surface area contributed by atoms with Gasteiger partial charge in [0, 0.05) is 47.0 Å². The molecule has 7 aromatic carbocycles. The Balaban J connectivity index is 1.29. The Kier molecular flexibility index (Phi) is 5.66. The first kappa shape index (κ1) is 26.2. The molecule has 0 bridgehead atoms. The van der Waals surface area contributed by atoms with E-state index in [-0.39, 0.29) is 0 Å². The van der Waals surface area contributed by atoms with Crippen molar-refractivity contribution in [2.75, 3.05) is 4.90 Å². The molecule has 2 aliphatic rings. The number of rotatable bonds is 3. The first-order valence-electron chi connectivity index (χ1n) is 15.7. The molecule has 0 saturated heterocycles.